The van der Waals surface area contributed by atoms with Gasteiger partial charge in [0.1, 0.15) is 11.1 Å². The molecule has 1 aromatic rings. The number of carbonyl (C=O) groups is 2. The van der Waals surface area contributed by atoms with Crippen LogP contribution in [0, 0.1) is 6.92 Å². The van der Waals surface area contributed by atoms with Gasteiger partial charge in [-0.3, -0.25) is 9.59 Å². The van der Waals surface area contributed by atoms with Crippen LogP contribution in [0.5, 0.6) is 0 Å². The van der Waals surface area contributed by atoms with Gasteiger partial charge in [0.25, 0.3) is 5.91 Å². The minimum Gasteiger partial charge on any atom is -0.480 e. The predicted molar refractivity (Wildman–Crippen MR) is 72.7 cm³/mol. The topological polar surface area (TPSA) is 90.5 Å². The summed E-state index contributed by atoms with van der Waals surface area (Å²) in [6.45, 7) is 3.61. The number of aromatic nitrogens is 1. The Hall–Kier alpha value is -2.11. The molecule has 2 N–H and O–H groups in total. The van der Waals surface area contributed by atoms with Crippen LogP contribution in [0.3, 0.4) is 0 Å². The van der Waals surface area contributed by atoms with E-state index in [4.69, 9.17) is 0 Å². The molecule has 1 amide bonds. The molecule has 0 aliphatic carbocycles. The first-order valence-corrected chi connectivity index (χ1v) is 6.61. The van der Waals surface area contributed by atoms with Gasteiger partial charge >= 0.3 is 5.97 Å². The summed E-state index contributed by atoms with van der Waals surface area (Å²) in [5.41, 5.74) is -0.979. The van der Waals surface area contributed by atoms with Crippen molar-refractivity contribution in [1.82, 2.24) is 9.88 Å². The lowest BCUT2D eigenvalue weighted by molar-refractivity contribution is -0.150. The number of hydrogen-bond acceptors (Lipinski definition) is 3. The number of carbonyl (C=O) groups excluding carboxylic acids is 1. The van der Waals surface area contributed by atoms with E-state index in [1.165, 1.54) is 24.1 Å². The molecule has 1 aliphatic heterocycles. The van der Waals surface area contributed by atoms with Crippen molar-refractivity contribution in [2.45, 2.75) is 38.6 Å². The van der Waals surface area contributed by atoms with Crippen LogP contribution in [0.1, 0.15) is 42.2 Å². The molecule has 6 heteroatoms. The molecule has 1 aromatic heterocycles. The smallest absolute Gasteiger partial charge is 0.329 e. The Kier molecular flexibility index (Phi) is 3.65. The van der Waals surface area contributed by atoms with Crippen molar-refractivity contribution in [3.8, 4) is 0 Å². The van der Waals surface area contributed by atoms with E-state index in [9.17, 15) is 19.5 Å². The summed E-state index contributed by atoms with van der Waals surface area (Å²) in [4.78, 5) is 40.0. The fourth-order valence-corrected chi connectivity index (χ4v) is 2.55. The normalized spacial score (nSPS) is 22.6. The van der Waals surface area contributed by atoms with Crippen LogP contribution in [0.2, 0.25) is 0 Å². The molecular weight excluding hydrogens is 260 g/mol. The number of nitrogens with one attached hydrogen (secondary N) is 1. The van der Waals surface area contributed by atoms with Gasteiger partial charge in [0.2, 0.25) is 0 Å². The third-order valence-electron chi connectivity index (χ3n) is 3.88. The first-order chi connectivity index (χ1) is 9.36. The Morgan fingerprint density at radius 2 is 2.10 bits per heavy atom. The van der Waals surface area contributed by atoms with Gasteiger partial charge in [-0.1, -0.05) is 0 Å². The summed E-state index contributed by atoms with van der Waals surface area (Å²) in [7, 11) is 0. The highest BCUT2D eigenvalue weighted by Crippen LogP contribution is 2.29. The highest BCUT2D eigenvalue weighted by molar-refractivity contribution is 5.97. The molecule has 0 bridgehead atoms. The first-order valence-electron chi connectivity index (χ1n) is 6.61. The highest BCUT2D eigenvalue weighted by atomic mass is 16.4. The summed E-state index contributed by atoms with van der Waals surface area (Å²) in [5.74, 6) is -1.55. The van der Waals surface area contributed by atoms with Gasteiger partial charge in [-0.25, -0.2) is 4.79 Å². The fraction of sp³-hybridized carbons (Fsp3) is 0.500. The zero-order chi connectivity index (χ0) is 14.9. The van der Waals surface area contributed by atoms with Gasteiger partial charge < -0.3 is 15.0 Å². The van der Waals surface area contributed by atoms with Crippen LogP contribution in [0.4, 0.5) is 0 Å². The number of carboxylic acid groups (broad SMARTS) is 1. The number of amides is 1. The minimum absolute atomic E-state index is 0.00928. The molecule has 0 radical (unpaired) electrons. The van der Waals surface area contributed by atoms with Gasteiger partial charge in [0, 0.05) is 24.5 Å². The maximum atomic E-state index is 12.5. The van der Waals surface area contributed by atoms with Crippen molar-refractivity contribution < 1.29 is 14.7 Å². The van der Waals surface area contributed by atoms with Crippen molar-refractivity contribution in [1.29, 1.82) is 0 Å². The second-order valence-electron chi connectivity index (χ2n) is 5.39. The summed E-state index contributed by atoms with van der Waals surface area (Å²) in [5, 5.41) is 9.40. The number of H-pyrrole nitrogens is 1. The fourth-order valence-electron chi connectivity index (χ4n) is 2.55. The van der Waals surface area contributed by atoms with Crippen LogP contribution in [-0.4, -0.2) is 39.0 Å². The number of piperidine rings is 1. The van der Waals surface area contributed by atoms with E-state index in [0.29, 0.717) is 18.7 Å². The maximum absolute atomic E-state index is 12.5. The summed E-state index contributed by atoms with van der Waals surface area (Å²) >= 11 is 0. The third-order valence-corrected chi connectivity index (χ3v) is 3.88. The first kappa shape index (κ1) is 14.3. The van der Waals surface area contributed by atoms with Gasteiger partial charge in [0.05, 0.1) is 0 Å². The van der Waals surface area contributed by atoms with E-state index < -0.39 is 17.4 Å². The minimum atomic E-state index is -1.24. The lowest BCUT2D eigenvalue weighted by Gasteiger charge is -2.41. The molecule has 0 aromatic carbocycles. The number of rotatable bonds is 2. The zero-order valence-corrected chi connectivity index (χ0v) is 11.6. The summed E-state index contributed by atoms with van der Waals surface area (Å²) < 4.78 is 0. The van der Waals surface area contributed by atoms with Gasteiger partial charge in [-0.15, -0.1) is 0 Å². The molecule has 1 saturated heterocycles. The Balaban J connectivity index is 2.40. The van der Waals surface area contributed by atoms with Crippen molar-refractivity contribution in [3.05, 3.63) is 33.7 Å². The molecule has 0 spiro atoms. The number of nitrogens with zero attached hydrogens (tertiary/aromatic N) is 1. The van der Waals surface area contributed by atoms with E-state index in [-0.39, 0.29) is 11.0 Å². The number of carboxylic acids is 1. The Morgan fingerprint density at radius 3 is 2.70 bits per heavy atom. The van der Waals surface area contributed by atoms with E-state index in [2.05, 4.69) is 4.98 Å². The second-order valence-corrected chi connectivity index (χ2v) is 5.39. The molecule has 6 nitrogen and oxygen atoms in total. The third kappa shape index (κ3) is 2.33. The highest BCUT2D eigenvalue weighted by Gasteiger charge is 2.44. The maximum Gasteiger partial charge on any atom is 0.329 e. The molecule has 108 valence electrons. The number of pyridine rings is 1. The number of hydrogen-bond donors (Lipinski definition) is 2. The molecule has 1 unspecified atom stereocenters. The molecule has 0 saturated carbocycles. The van der Waals surface area contributed by atoms with Crippen LogP contribution < -0.4 is 5.43 Å². The molecule has 1 aliphatic rings. The van der Waals surface area contributed by atoms with Crippen LogP contribution >= 0.6 is 0 Å². The number of likely N-dealkylation sites (tertiary alicyclic amines) is 1. The average molecular weight is 278 g/mol. The summed E-state index contributed by atoms with van der Waals surface area (Å²) in [6.07, 6.45) is 3.27. The standard InChI is InChI=1S/C14H18N2O4/c1-9-7-11(17)10(8-15-9)12(18)16-6-4-3-5-14(16,2)13(19)20/h7-8H,3-6H2,1-2H3,(H,15,17)(H,19,20). The molecule has 20 heavy (non-hydrogen) atoms. The lowest BCUT2D eigenvalue weighted by Crippen LogP contribution is -2.58. The van der Waals surface area contributed by atoms with Crippen LogP contribution in [-0.2, 0) is 4.79 Å². The van der Waals surface area contributed by atoms with Crippen molar-refractivity contribution in [2.24, 2.45) is 0 Å². The largest absolute Gasteiger partial charge is 0.480 e. The molecule has 2 heterocycles. The second kappa shape index (κ2) is 5.11. The van der Waals surface area contributed by atoms with E-state index >= 15 is 0 Å². The quantitative estimate of drug-likeness (QED) is 0.849. The van der Waals surface area contributed by atoms with Gasteiger partial charge in [-0.2, -0.15) is 0 Å². The van der Waals surface area contributed by atoms with Crippen LogP contribution in [0.15, 0.2) is 17.1 Å². The number of aryl methyl sites for hydroxylation is 1. The molecule has 1 atom stereocenters. The van der Waals surface area contributed by atoms with Crippen molar-refractivity contribution in [2.75, 3.05) is 6.54 Å². The SMILES string of the molecule is Cc1cc(=O)c(C(=O)N2CCCCC2(C)C(=O)O)c[nH]1. The number of aliphatic carboxylic acids is 1. The predicted octanol–water partition coefficient (Wildman–Crippen LogP) is 1.15. The Bertz CT molecular complexity index is 607. The Labute approximate surface area is 116 Å². The van der Waals surface area contributed by atoms with Gasteiger partial charge in [0.15, 0.2) is 5.43 Å². The summed E-state index contributed by atoms with van der Waals surface area (Å²) in [6, 6.07) is 1.34. The van der Waals surface area contributed by atoms with Crippen LogP contribution in [0.25, 0.3) is 0 Å². The molecular formula is C14H18N2O4. The van der Waals surface area contributed by atoms with E-state index in [1.54, 1.807) is 6.92 Å². The molecule has 2 rings (SSSR count). The van der Waals surface area contributed by atoms with E-state index in [1.807, 2.05) is 0 Å². The van der Waals surface area contributed by atoms with Crippen molar-refractivity contribution in [3.63, 3.8) is 0 Å². The average Bonchev–Trinajstić information content (AvgIpc) is 2.38. The van der Waals surface area contributed by atoms with Gasteiger partial charge in [-0.05, 0) is 33.1 Å². The monoisotopic (exact) mass is 278 g/mol. The zero-order valence-electron chi connectivity index (χ0n) is 11.6. The Morgan fingerprint density at radius 1 is 1.40 bits per heavy atom. The van der Waals surface area contributed by atoms with E-state index in [0.717, 1.165) is 12.8 Å². The lowest BCUT2D eigenvalue weighted by atomic mass is 9.88. The van der Waals surface area contributed by atoms with Crippen molar-refractivity contribution >= 4 is 11.9 Å². The number of aromatic amines is 1. The molecule has 1 fully saturated rings.